The molecule has 6 nitrogen and oxygen atoms in total. The number of hydrogen-bond donors (Lipinski definition) is 2. The molecule has 0 saturated carbocycles. The van der Waals surface area contributed by atoms with Crippen molar-refractivity contribution in [1.82, 2.24) is 5.32 Å². The van der Waals surface area contributed by atoms with Gasteiger partial charge in [-0.1, -0.05) is 18.2 Å². The topological polar surface area (TPSA) is 85.2 Å². The lowest BCUT2D eigenvalue weighted by molar-refractivity contribution is -0.136. The maximum Gasteiger partial charge on any atom is 0.313 e. The summed E-state index contributed by atoms with van der Waals surface area (Å²) in [6.07, 6.45) is 2.35. The van der Waals surface area contributed by atoms with Gasteiger partial charge < -0.3 is 15.5 Å². The first-order valence-corrected chi connectivity index (χ1v) is 8.59. The Hall–Kier alpha value is -3.33. The lowest BCUT2D eigenvalue weighted by atomic mass is 10.1. The Balaban J connectivity index is 1.56. The number of amides is 2. The van der Waals surface area contributed by atoms with Gasteiger partial charge in [-0.05, 0) is 48.7 Å². The molecule has 2 aromatic rings. The quantitative estimate of drug-likeness (QED) is 0.831. The average molecular weight is 348 g/mol. The third-order valence-electron chi connectivity index (χ3n) is 4.29. The van der Waals surface area contributed by atoms with Crippen LogP contribution in [0.3, 0.4) is 0 Å². The zero-order valence-corrected chi connectivity index (χ0v) is 14.4. The van der Waals surface area contributed by atoms with Crippen molar-refractivity contribution in [2.24, 2.45) is 0 Å². The van der Waals surface area contributed by atoms with Gasteiger partial charge in [0.05, 0.1) is 11.6 Å². The average Bonchev–Trinajstić information content (AvgIpc) is 3.21. The molecule has 0 bridgehead atoms. The van der Waals surface area contributed by atoms with Gasteiger partial charge in [-0.15, -0.1) is 0 Å². The number of carbonyl (C=O) groups excluding carboxylic acids is 2. The number of nitrogens with one attached hydrogen (secondary N) is 2. The van der Waals surface area contributed by atoms with Gasteiger partial charge in [0.2, 0.25) is 0 Å². The van der Waals surface area contributed by atoms with Crippen molar-refractivity contribution >= 4 is 23.2 Å². The molecule has 1 aliphatic rings. The van der Waals surface area contributed by atoms with Gasteiger partial charge in [0.25, 0.3) is 0 Å². The highest BCUT2D eigenvalue weighted by Gasteiger charge is 2.16. The van der Waals surface area contributed by atoms with Crippen LogP contribution in [-0.4, -0.2) is 24.9 Å². The molecule has 0 unspecified atom stereocenters. The highest BCUT2D eigenvalue weighted by Crippen LogP contribution is 2.23. The molecule has 2 amide bonds. The molecule has 0 radical (unpaired) electrons. The van der Waals surface area contributed by atoms with E-state index in [9.17, 15) is 9.59 Å². The zero-order valence-electron chi connectivity index (χ0n) is 14.4. The predicted molar refractivity (Wildman–Crippen MR) is 99.5 cm³/mol. The normalized spacial score (nSPS) is 13.1. The molecule has 3 rings (SSSR count). The van der Waals surface area contributed by atoms with E-state index in [1.165, 1.54) is 12.8 Å². The SMILES string of the molecule is N#Cc1cccc(CNC(=O)C(=O)Nc2cccc(N3CCCC3)c2)c1. The molecule has 1 saturated heterocycles. The minimum Gasteiger partial charge on any atom is -0.371 e. The number of nitriles is 1. The van der Waals surface area contributed by atoms with Crippen molar-refractivity contribution in [2.45, 2.75) is 19.4 Å². The fourth-order valence-electron chi connectivity index (χ4n) is 2.96. The monoisotopic (exact) mass is 348 g/mol. The van der Waals surface area contributed by atoms with E-state index in [-0.39, 0.29) is 6.54 Å². The second-order valence-electron chi connectivity index (χ2n) is 6.19. The van der Waals surface area contributed by atoms with Crippen LogP contribution in [0.15, 0.2) is 48.5 Å². The fraction of sp³-hybridized carbons (Fsp3) is 0.250. The number of nitrogens with zero attached hydrogens (tertiary/aromatic N) is 2. The Kier molecular flexibility index (Phi) is 5.49. The summed E-state index contributed by atoms with van der Waals surface area (Å²) in [6, 6.07) is 16.5. The zero-order chi connectivity index (χ0) is 18.4. The summed E-state index contributed by atoms with van der Waals surface area (Å²) < 4.78 is 0. The van der Waals surface area contributed by atoms with E-state index in [4.69, 9.17) is 5.26 Å². The molecule has 132 valence electrons. The van der Waals surface area contributed by atoms with Crippen LogP contribution in [0.4, 0.5) is 11.4 Å². The van der Waals surface area contributed by atoms with Gasteiger partial charge in [0, 0.05) is 31.0 Å². The molecule has 1 heterocycles. The van der Waals surface area contributed by atoms with Crippen molar-refractivity contribution in [2.75, 3.05) is 23.3 Å². The maximum atomic E-state index is 12.1. The molecular weight excluding hydrogens is 328 g/mol. The number of hydrogen-bond acceptors (Lipinski definition) is 4. The van der Waals surface area contributed by atoms with Crippen LogP contribution in [0.5, 0.6) is 0 Å². The van der Waals surface area contributed by atoms with Crippen LogP contribution in [0, 0.1) is 11.3 Å². The number of benzene rings is 2. The van der Waals surface area contributed by atoms with Crippen molar-refractivity contribution in [1.29, 1.82) is 5.26 Å². The molecule has 0 spiro atoms. The van der Waals surface area contributed by atoms with Crippen molar-refractivity contribution < 1.29 is 9.59 Å². The van der Waals surface area contributed by atoms with Crippen LogP contribution in [0.1, 0.15) is 24.0 Å². The van der Waals surface area contributed by atoms with E-state index in [0.717, 1.165) is 24.3 Å². The van der Waals surface area contributed by atoms with Gasteiger partial charge in [-0.25, -0.2) is 0 Å². The molecule has 2 aromatic carbocycles. The van der Waals surface area contributed by atoms with Crippen molar-refractivity contribution in [3.63, 3.8) is 0 Å². The lowest BCUT2D eigenvalue weighted by Crippen LogP contribution is -2.35. The summed E-state index contributed by atoms with van der Waals surface area (Å²) in [4.78, 5) is 26.4. The molecule has 2 N–H and O–H groups in total. The minimum absolute atomic E-state index is 0.190. The number of rotatable bonds is 4. The Labute approximate surface area is 152 Å². The summed E-state index contributed by atoms with van der Waals surface area (Å²) >= 11 is 0. The lowest BCUT2D eigenvalue weighted by Gasteiger charge is -2.18. The number of carbonyl (C=O) groups is 2. The molecule has 26 heavy (non-hydrogen) atoms. The molecule has 1 fully saturated rings. The van der Waals surface area contributed by atoms with Crippen molar-refractivity contribution in [3.05, 3.63) is 59.7 Å². The first-order chi connectivity index (χ1) is 12.7. The highest BCUT2D eigenvalue weighted by atomic mass is 16.2. The summed E-state index contributed by atoms with van der Waals surface area (Å²) in [7, 11) is 0. The largest absolute Gasteiger partial charge is 0.371 e. The molecule has 0 aliphatic carbocycles. The smallest absolute Gasteiger partial charge is 0.313 e. The second kappa shape index (κ2) is 8.17. The van der Waals surface area contributed by atoms with Crippen LogP contribution in [0.25, 0.3) is 0 Å². The van der Waals surface area contributed by atoms with Gasteiger partial charge >= 0.3 is 11.8 Å². The van der Waals surface area contributed by atoms with Crippen LogP contribution >= 0.6 is 0 Å². The van der Waals surface area contributed by atoms with E-state index in [1.807, 2.05) is 24.3 Å². The minimum atomic E-state index is -0.709. The first kappa shape index (κ1) is 17.5. The molecule has 0 aromatic heterocycles. The Morgan fingerprint density at radius 3 is 2.58 bits per heavy atom. The van der Waals surface area contributed by atoms with E-state index in [1.54, 1.807) is 30.3 Å². The van der Waals surface area contributed by atoms with E-state index >= 15 is 0 Å². The summed E-state index contributed by atoms with van der Waals surface area (Å²) in [6.45, 7) is 2.22. The van der Waals surface area contributed by atoms with Gasteiger partial charge in [-0.3, -0.25) is 9.59 Å². The summed E-state index contributed by atoms with van der Waals surface area (Å²) in [5.41, 5.74) is 2.93. The molecule has 1 aliphatic heterocycles. The second-order valence-corrected chi connectivity index (χ2v) is 6.19. The summed E-state index contributed by atoms with van der Waals surface area (Å²) in [5.74, 6) is -1.42. The molecule has 0 atom stereocenters. The van der Waals surface area contributed by atoms with Crippen molar-refractivity contribution in [3.8, 4) is 6.07 Å². The molecular formula is C20H20N4O2. The Bertz CT molecular complexity index is 851. The van der Waals surface area contributed by atoms with Crippen LogP contribution in [-0.2, 0) is 16.1 Å². The Morgan fingerprint density at radius 2 is 1.81 bits per heavy atom. The number of anilines is 2. The van der Waals surface area contributed by atoms with E-state index in [0.29, 0.717) is 11.3 Å². The third kappa shape index (κ3) is 4.39. The van der Waals surface area contributed by atoms with Gasteiger partial charge in [0.1, 0.15) is 0 Å². The fourth-order valence-corrected chi connectivity index (χ4v) is 2.96. The molecule has 6 heteroatoms. The van der Waals surface area contributed by atoms with Crippen LogP contribution < -0.4 is 15.5 Å². The van der Waals surface area contributed by atoms with Crippen LogP contribution in [0.2, 0.25) is 0 Å². The first-order valence-electron chi connectivity index (χ1n) is 8.59. The predicted octanol–water partition coefficient (Wildman–Crippen LogP) is 2.41. The highest BCUT2D eigenvalue weighted by molar-refractivity contribution is 6.39. The van der Waals surface area contributed by atoms with Gasteiger partial charge in [0.15, 0.2) is 0 Å². The van der Waals surface area contributed by atoms with Gasteiger partial charge in [-0.2, -0.15) is 5.26 Å². The maximum absolute atomic E-state index is 12.1. The van der Waals surface area contributed by atoms with E-state index < -0.39 is 11.8 Å². The third-order valence-corrected chi connectivity index (χ3v) is 4.29. The summed E-state index contributed by atoms with van der Waals surface area (Å²) in [5, 5.41) is 14.1. The standard InChI is InChI=1S/C20H20N4O2/c21-13-15-5-3-6-16(11-15)14-22-19(25)20(26)23-17-7-4-8-18(12-17)24-9-1-2-10-24/h3-8,11-12H,1-2,9-10,14H2,(H,22,25)(H,23,26). The Morgan fingerprint density at radius 1 is 1.04 bits per heavy atom. The van der Waals surface area contributed by atoms with E-state index in [2.05, 4.69) is 15.5 Å².